The fourth-order valence-electron chi connectivity index (χ4n) is 2.00. The van der Waals surface area contributed by atoms with Crippen molar-refractivity contribution in [3.8, 4) is 0 Å². The monoisotopic (exact) mass is 247 g/mol. The van der Waals surface area contributed by atoms with E-state index >= 15 is 0 Å². The van der Waals surface area contributed by atoms with E-state index in [4.69, 9.17) is 0 Å². The maximum atomic E-state index is 4.42. The molecule has 0 saturated carbocycles. The average molecular weight is 247 g/mol. The van der Waals surface area contributed by atoms with E-state index in [1.54, 1.807) is 11.0 Å². The molecule has 1 atom stereocenters. The van der Waals surface area contributed by atoms with E-state index in [1.165, 1.54) is 0 Å². The van der Waals surface area contributed by atoms with Crippen molar-refractivity contribution >= 4 is 16.9 Å². The van der Waals surface area contributed by atoms with E-state index < -0.39 is 0 Å². The van der Waals surface area contributed by atoms with Crippen LogP contribution in [0.25, 0.3) is 11.0 Å². The Hall–Kier alpha value is -1.65. The molecule has 0 N–H and O–H groups in total. The van der Waals surface area contributed by atoms with E-state index in [-0.39, 0.29) is 5.41 Å². The van der Waals surface area contributed by atoms with Crippen LogP contribution in [0.2, 0.25) is 0 Å². The summed E-state index contributed by atoms with van der Waals surface area (Å²) < 4.78 is 1.77. The molecule has 0 aliphatic heterocycles. The molecule has 2 aromatic rings. The third-order valence-electron chi connectivity index (χ3n) is 3.68. The number of aromatic nitrogens is 4. The molecule has 0 amide bonds. The van der Waals surface area contributed by atoms with Gasteiger partial charge in [-0.2, -0.15) is 5.10 Å². The van der Waals surface area contributed by atoms with Gasteiger partial charge >= 0.3 is 0 Å². The van der Waals surface area contributed by atoms with Crippen LogP contribution in [-0.2, 0) is 7.05 Å². The maximum Gasteiger partial charge on any atom is 0.163 e. The molecule has 0 spiro atoms. The molecular formula is C13H21N5. The summed E-state index contributed by atoms with van der Waals surface area (Å²) in [5.41, 5.74) is 1.06. The highest BCUT2D eigenvalue weighted by molar-refractivity contribution is 5.86. The number of fused-ring (bicyclic) bond motifs is 1. The molecule has 0 fully saturated rings. The maximum absolute atomic E-state index is 4.42. The Balaban J connectivity index is 2.48. The Kier molecular flexibility index (Phi) is 3.00. The van der Waals surface area contributed by atoms with Gasteiger partial charge in [-0.1, -0.05) is 20.8 Å². The number of hydrogen-bond donors (Lipinski definition) is 0. The summed E-state index contributed by atoms with van der Waals surface area (Å²) in [6.45, 7) is 8.91. The summed E-state index contributed by atoms with van der Waals surface area (Å²) in [7, 11) is 3.97. The van der Waals surface area contributed by atoms with E-state index in [0.29, 0.717) is 6.04 Å². The van der Waals surface area contributed by atoms with Crippen molar-refractivity contribution < 1.29 is 0 Å². The molecule has 0 bridgehead atoms. The zero-order valence-corrected chi connectivity index (χ0v) is 12.0. The van der Waals surface area contributed by atoms with Crippen molar-refractivity contribution in [3.63, 3.8) is 0 Å². The summed E-state index contributed by atoms with van der Waals surface area (Å²) in [4.78, 5) is 10.9. The molecule has 0 radical (unpaired) electrons. The van der Waals surface area contributed by atoms with Gasteiger partial charge in [0.2, 0.25) is 0 Å². The third-order valence-corrected chi connectivity index (χ3v) is 3.68. The van der Waals surface area contributed by atoms with Crippen LogP contribution in [0.4, 0.5) is 5.82 Å². The third kappa shape index (κ3) is 2.05. The largest absolute Gasteiger partial charge is 0.356 e. The number of anilines is 1. The Morgan fingerprint density at radius 1 is 1.28 bits per heavy atom. The molecule has 98 valence electrons. The highest BCUT2D eigenvalue weighted by Gasteiger charge is 2.26. The van der Waals surface area contributed by atoms with Crippen LogP contribution < -0.4 is 4.90 Å². The van der Waals surface area contributed by atoms with Gasteiger partial charge in [-0.15, -0.1) is 0 Å². The molecule has 0 aromatic carbocycles. The first-order valence-corrected chi connectivity index (χ1v) is 6.18. The van der Waals surface area contributed by atoms with Gasteiger partial charge in [-0.3, -0.25) is 4.68 Å². The Morgan fingerprint density at radius 2 is 1.94 bits per heavy atom. The predicted molar refractivity (Wildman–Crippen MR) is 73.6 cm³/mol. The van der Waals surface area contributed by atoms with Crippen LogP contribution in [0.5, 0.6) is 0 Å². The minimum atomic E-state index is 0.189. The molecule has 0 aliphatic rings. The van der Waals surface area contributed by atoms with Gasteiger partial charge in [0.1, 0.15) is 12.1 Å². The lowest BCUT2D eigenvalue weighted by molar-refractivity contribution is 0.329. The SMILES string of the molecule is C[C@@H](N(C)c1ncnc2c1cnn2C)C(C)(C)C. The zero-order valence-electron chi connectivity index (χ0n) is 12.0. The quantitative estimate of drug-likeness (QED) is 0.816. The van der Waals surface area contributed by atoms with Gasteiger partial charge in [-0.25, -0.2) is 9.97 Å². The van der Waals surface area contributed by atoms with Crippen molar-refractivity contribution in [3.05, 3.63) is 12.5 Å². The van der Waals surface area contributed by atoms with Gasteiger partial charge < -0.3 is 4.90 Å². The normalized spacial score (nSPS) is 13.9. The van der Waals surface area contributed by atoms with Gasteiger partial charge in [0, 0.05) is 20.1 Å². The Bertz CT molecular complexity index is 552. The van der Waals surface area contributed by atoms with Crippen LogP contribution in [0.15, 0.2) is 12.5 Å². The number of hydrogen-bond acceptors (Lipinski definition) is 4. The van der Waals surface area contributed by atoms with E-state index in [2.05, 4.69) is 54.7 Å². The van der Waals surface area contributed by atoms with Gasteiger partial charge in [0.15, 0.2) is 5.65 Å². The highest BCUT2D eigenvalue weighted by atomic mass is 15.3. The topological polar surface area (TPSA) is 46.8 Å². The first kappa shape index (κ1) is 12.8. The first-order chi connectivity index (χ1) is 8.32. The van der Waals surface area contributed by atoms with Crippen molar-refractivity contribution in [2.75, 3.05) is 11.9 Å². The van der Waals surface area contributed by atoms with Crippen LogP contribution in [0.1, 0.15) is 27.7 Å². The van der Waals surface area contributed by atoms with E-state index in [1.807, 2.05) is 13.2 Å². The molecule has 2 rings (SSSR count). The van der Waals surface area contributed by atoms with Crippen molar-refractivity contribution in [1.29, 1.82) is 0 Å². The zero-order chi connectivity index (χ0) is 13.5. The molecule has 2 heterocycles. The number of nitrogens with zero attached hydrogens (tertiary/aromatic N) is 5. The average Bonchev–Trinajstić information content (AvgIpc) is 2.68. The minimum absolute atomic E-state index is 0.189. The van der Waals surface area contributed by atoms with Crippen molar-refractivity contribution in [1.82, 2.24) is 19.7 Å². The van der Waals surface area contributed by atoms with Crippen LogP contribution in [0.3, 0.4) is 0 Å². The molecule has 5 nitrogen and oxygen atoms in total. The smallest absolute Gasteiger partial charge is 0.163 e. The van der Waals surface area contributed by atoms with E-state index in [0.717, 1.165) is 16.9 Å². The highest BCUT2D eigenvalue weighted by Crippen LogP contribution is 2.29. The molecule has 18 heavy (non-hydrogen) atoms. The van der Waals surface area contributed by atoms with Crippen molar-refractivity contribution in [2.45, 2.75) is 33.7 Å². The summed E-state index contributed by atoms with van der Waals surface area (Å²) >= 11 is 0. The minimum Gasteiger partial charge on any atom is -0.356 e. The summed E-state index contributed by atoms with van der Waals surface area (Å²) in [6.07, 6.45) is 3.43. The lowest BCUT2D eigenvalue weighted by Gasteiger charge is -2.36. The molecule has 5 heteroatoms. The first-order valence-electron chi connectivity index (χ1n) is 6.18. The molecule has 0 saturated heterocycles. The van der Waals surface area contributed by atoms with Crippen LogP contribution in [-0.4, -0.2) is 32.8 Å². The Morgan fingerprint density at radius 3 is 2.56 bits per heavy atom. The van der Waals surface area contributed by atoms with Gasteiger partial charge in [0.25, 0.3) is 0 Å². The van der Waals surface area contributed by atoms with Gasteiger partial charge in [0.05, 0.1) is 11.6 Å². The van der Waals surface area contributed by atoms with Crippen molar-refractivity contribution in [2.24, 2.45) is 12.5 Å². The molecular weight excluding hydrogens is 226 g/mol. The second-order valence-corrected chi connectivity index (χ2v) is 5.86. The number of aryl methyl sites for hydroxylation is 1. The second-order valence-electron chi connectivity index (χ2n) is 5.86. The molecule has 0 aliphatic carbocycles. The summed E-state index contributed by atoms with van der Waals surface area (Å²) in [5, 5.41) is 5.25. The summed E-state index contributed by atoms with van der Waals surface area (Å²) in [6, 6.07) is 0.371. The summed E-state index contributed by atoms with van der Waals surface area (Å²) in [5.74, 6) is 0.940. The van der Waals surface area contributed by atoms with Crippen LogP contribution >= 0.6 is 0 Å². The van der Waals surface area contributed by atoms with E-state index in [9.17, 15) is 0 Å². The molecule has 2 aromatic heterocycles. The standard InChI is InChI=1S/C13H21N5/c1-9(13(2,3)4)17(5)11-10-7-16-18(6)12(10)15-8-14-11/h7-9H,1-6H3/t9-/m1/s1. The fourth-order valence-corrected chi connectivity index (χ4v) is 2.00. The lowest BCUT2D eigenvalue weighted by atomic mass is 9.87. The second kappa shape index (κ2) is 4.23. The predicted octanol–water partition coefficient (Wildman–Crippen LogP) is 2.23. The van der Waals surface area contributed by atoms with Gasteiger partial charge in [-0.05, 0) is 12.3 Å². The molecule has 0 unspecified atom stereocenters. The number of rotatable bonds is 2. The van der Waals surface area contributed by atoms with Crippen LogP contribution in [0, 0.1) is 5.41 Å². The lowest BCUT2D eigenvalue weighted by Crippen LogP contribution is -2.39. The Labute approximate surface area is 108 Å². The fraction of sp³-hybridized carbons (Fsp3) is 0.615.